The summed E-state index contributed by atoms with van der Waals surface area (Å²) in [6.07, 6.45) is 6.26. The molecular weight excluding hydrogens is 256 g/mol. The van der Waals surface area contributed by atoms with Crippen molar-refractivity contribution in [1.82, 2.24) is 14.8 Å². The van der Waals surface area contributed by atoms with Gasteiger partial charge in [0.05, 0.1) is 25.2 Å². The molecule has 2 atom stereocenters. The zero-order chi connectivity index (χ0) is 14.1. The molecule has 0 radical (unpaired) electrons. The summed E-state index contributed by atoms with van der Waals surface area (Å²) in [4.78, 5) is 16.2. The van der Waals surface area contributed by atoms with Crippen LogP contribution in [0.15, 0.2) is 30.7 Å². The predicted molar refractivity (Wildman–Crippen MR) is 73.5 cm³/mol. The summed E-state index contributed by atoms with van der Waals surface area (Å²) in [6, 6.07) is 3.51. The highest BCUT2D eigenvalue weighted by atomic mass is 16.5. The lowest BCUT2D eigenvalue weighted by Gasteiger charge is -2.05. The first-order valence-corrected chi connectivity index (χ1v) is 6.47. The molecule has 2 aromatic heterocycles. The maximum Gasteiger partial charge on any atom is 0.228 e. The van der Waals surface area contributed by atoms with Crippen LogP contribution in [-0.2, 0) is 11.8 Å². The van der Waals surface area contributed by atoms with E-state index in [1.807, 2.05) is 19.4 Å². The Bertz CT molecular complexity index is 620. The van der Waals surface area contributed by atoms with E-state index in [0.717, 1.165) is 12.0 Å². The molecule has 2 aromatic rings. The molecule has 3 rings (SSSR count). The van der Waals surface area contributed by atoms with Crippen LogP contribution < -0.4 is 10.1 Å². The van der Waals surface area contributed by atoms with Gasteiger partial charge in [-0.2, -0.15) is 5.10 Å². The van der Waals surface area contributed by atoms with Crippen molar-refractivity contribution in [1.29, 1.82) is 0 Å². The smallest absolute Gasteiger partial charge is 0.228 e. The lowest BCUT2D eigenvalue weighted by atomic mass is 10.2. The van der Waals surface area contributed by atoms with E-state index in [0.29, 0.717) is 11.6 Å². The highest BCUT2D eigenvalue weighted by Crippen LogP contribution is 2.47. The van der Waals surface area contributed by atoms with Gasteiger partial charge in [0.2, 0.25) is 11.8 Å². The lowest BCUT2D eigenvalue weighted by molar-refractivity contribution is -0.117. The summed E-state index contributed by atoms with van der Waals surface area (Å²) in [5.74, 6) is 0.879. The number of anilines is 1. The third kappa shape index (κ3) is 2.49. The number of carbonyl (C=O) groups excluding carboxylic acids is 1. The van der Waals surface area contributed by atoms with Crippen molar-refractivity contribution in [3.05, 3.63) is 36.3 Å². The molecule has 0 aliphatic heterocycles. The lowest BCUT2D eigenvalue weighted by Crippen LogP contribution is -2.14. The van der Waals surface area contributed by atoms with Crippen molar-refractivity contribution in [2.24, 2.45) is 13.0 Å². The largest absolute Gasteiger partial charge is 0.481 e. The molecule has 0 bridgehead atoms. The number of aromatic nitrogens is 3. The second kappa shape index (κ2) is 4.96. The van der Waals surface area contributed by atoms with Gasteiger partial charge in [-0.25, -0.2) is 4.98 Å². The third-order valence-corrected chi connectivity index (χ3v) is 3.49. The summed E-state index contributed by atoms with van der Waals surface area (Å²) in [6.45, 7) is 0. The number of hydrogen-bond donors (Lipinski definition) is 1. The van der Waals surface area contributed by atoms with Gasteiger partial charge in [-0.3, -0.25) is 9.48 Å². The number of nitrogens with zero attached hydrogens (tertiary/aromatic N) is 3. The summed E-state index contributed by atoms with van der Waals surface area (Å²) in [5, 5.41) is 7.01. The Hall–Kier alpha value is -2.37. The maximum atomic E-state index is 12.1. The highest BCUT2D eigenvalue weighted by molar-refractivity contribution is 5.95. The molecule has 0 spiro atoms. The van der Waals surface area contributed by atoms with Crippen molar-refractivity contribution in [3.8, 4) is 5.88 Å². The Labute approximate surface area is 116 Å². The first kappa shape index (κ1) is 12.7. The molecule has 1 fully saturated rings. The molecule has 6 heteroatoms. The van der Waals surface area contributed by atoms with Crippen LogP contribution >= 0.6 is 0 Å². The van der Waals surface area contributed by atoms with Crippen molar-refractivity contribution in [3.63, 3.8) is 0 Å². The van der Waals surface area contributed by atoms with Crippen LogP contribution in [0.1, 0.15) is 17.9 Å². The van der Waals surface area contributed by atoms with Gasteiger partial charge in [-0.1, -0.05) is 0 Å². The average molecular weight is 272 g/mol. The summed E-state index contributed by atoms with van der Waals surface area (Å²) < 4.78 is 6.74. The number of rotatable bonds is 4. The zero-order valence-electron chi connectivity index (χ0n) is 11.4. The number of pyridine rings is 1. The van der Waals surface area contributed by atoms with Gasteiger partial charge in [-0.05, 0) is 24.0 Å². The van der Waals surface area contributed by atoms with Crippen LogP contribution in [-0.4, -0.2) is 27.8 Å². The zero-order valence-corrected chi connectivity index (χ0v) is 11.4. The molecule has 1 amide bonds. The van der Waals surface area contributed by atoms with E-state index in [2.05, 4.69) is 15.4 Å². The Balaban J connectivity index is 1.60. The number of methoxy groups -OCH3 is 1. The number of nitrogens with one attached hydrogen (secondary N) is 1. The Morgan fingerprint density at radius 3 is 2.90 bits per heavy atom. The topological polar surface area (TPSA) is 69.0 Å². The summed E-state index contributed by atoms with van der Waals surface area (Å²) >= 11 is 0. The Kier molecular flexibility index (Phi) is 3.14. The second-order valence-electron chi connectivity index (χ2n) is 4.97. The third-order valence-electron chi connectivity index (χ3n) is 3.49. The SMILES string of the molecule is COc1ccc(NC(=O)[C@H]2C[C@H]2c2cnn(C)c2)cn1. The Morgan fingerprint density at radius 2 is 2.30 bits per heavy atom. The van der Waals surface area contributed by atoms with E-state index in [1.54, 1.807) is 30.1 Å². The number of amides is 1. The monoisotopic (exact) mass is 272 g/mol. The van der Waals surface area contributed by atoms with Gasteiger partial charge in [-0.15, -0.1) is 0 Å². The number of aryl methyl sites for hydroxylation is 1. The van der Waals surface area contributed by atoms with E-state index in [4.69, 9.17) is 4.74 Å². The summed E-state index contributed by atoms with van der Waals surface area (Å²) in [5.41, 5.74) is 1.81. The van der Waals surface area contributed by atoms with Crippen LogP contribution in [0.3, 0.4) is 0 Å². The average Bonchev–Trinajstić information content (AvgIpc) is 3.15. The van der Waals surface area contributed by atoms with Crippen LogP contribution in [0.2, 0.25) is 0 Å². The first-order chi connectivity index (χ1) is 9.67. The second-order valence-corrected chi connectivity index (χ2v) is 4.97. The van der Waals surface area contributed by atoms with E-state index in [9.17, 15) is 4.79 Å². The minimum Gasteiger partial charge on any atom is -0.481 e. The van der Waals surface area contributed by atoms with Gasteiger partial charge in [0, 0.05) is 25.2 Å². The maximum absolute atomic E-state index is 12.1. The fourth-order valence-corrected chi connectivity index (χ4v) is 2.29. The molecule has 0 aromatic carbocycles. The van der Waals surface area contributed by atoms with Crippen LogP contribution in [0.5, 0.6) is 5.88 Å². The van der Waals surface area contributed by atoms with E-state index >= 15 is 0 Å². The number of hydrogen-bond acceptors (Lipinski definition) is 4. The minimum absolute atomic E-state index is 0.0290. The Morgan fingerprint density at radius 1 is 1.45 bits per heavy atom. The van der Waals surface area contributed by atoms with Gasteiger partial charge < -0.3 is 10.1 Å². The normalized spacial score (nSPS) is 20.5. The molecule has 1 N–H and O–H groups in total. The fourth-order valence-electron chi connectivity index (χ4n) is 2.29. The molecule has 104 valence electrons. The van der Waals surface area contributed by atoms with Gasteiger partial charge in [0.1, 0.15) is 0 Å². The van der Waals surface area contributed by atoms with Crippen molar-refractivity contribution in [2.45, 2.75) is 12.3 Å². The van der Waals surface area contributed by atoms with Gasteiger partial charge >= 0.3 is 0 Å². The quantitative estimate of drug-likeness (QED) is 0.917. The summed E-state index contributed by atoms with van der Waals surface area (Å²) in [7, 11) is 3.44. The molecule has 0 unspecified atom stereocenters. The predicted octanol–water partition coefficient (Wildman–Crippen LogP) is 1.57. The molecule has 1 aliphatic carbocycles. The number of carbonyl (C=O) groups is 1. The first-order valence-electron chi connectivity index (χ1n) is 6.47. The van der Waals surface area contributed by atoms with Gasteiger partial charge in [0.15, 0.2) is 0 Å². The van der Waals surface area contributed by atoms with Crippen molar-refractivity contribution >= 4 is 11.6 Å². The molecule has 6 nitrogen and oxygen atoms in total. The fraction of sp³-hybridized carbons (Fsp3) is 0.357. The highest BCUT2D eigenvalue weighted by Gasteiger charge is 2.44. The molecular formula is C14H16N4O2. The standard InChI is InChI=1S/C14H16N4O2/c1-18-8-9(6-16-18)11-5-12(11)14(19)17-10-3-4-13(20-2)15-7-10/h3-4,6-8,11-12H,5H2,1-2H3,(H,17,19)/t11-,12-/m0/s1. The van der Waals surface area contributed by atoms with E-state index < -0.39 is 0 Å². The van der Waals surface area contributed by atoms with Crippen LogP contribution in [0.25, 0.3) is 0 Å². The van der Waals surface area contributed by atoms with Crippen molar-refractivity contribution < 1.29 is 9.53 Å². The van der Waals surface area contributed by atoms with Gasteiger partial charge in [0.25, 0.3) is 0 Å². The molecule has 0 saturated heterocycles. The molecule has 2 heterocycles. The van der Waals surface area contributed by atoms with Crippen LogP contribution in [0, 0.1) is 5.92 Å². The van der Waals surface area contributed by atoms with E-state index in [-0.39, 0.29) is 17.7 Å². The molecule has 20 heavy (non-hydrogen) atoms. The minimum atomic E-state index is 0.0290. The van der Waals surface area contributed by atoms with Crippen LogP contribution in [0.4, 0.5) is 5.69 Å². The molecule has 1 saturated carbocycles. The van der Waals surface area contributed by atoms with E-state index in [1.165, 1.54) is 0 Å². The van der Waals surface area contributed by atoms with Crippen molar-refractivity contribution in [2.75, 3.05) is 12.4 Å². The number of ether oxygens (including phenoxy) is 1. The molecule has 1 aliphatic rings.